The molecule has 0 atom stereocenters. The van der Waals surface area contributed by atoms with Gasteiger partial charge in [-0.25, -0.2) is 4.79 Å². The molecule has 0 radical (unpaired) electrons. The minimum absolute atomic E-state index is 0.0459. The van der Waals surface area contributed by atoms with Crippen LogP contribution >= 0.6 is 11.6 Å². The molecule has 6 heteroatoms. The van der Waals surface area contributed by atoms with Crippen molar-refractivity contribution in [3.05, 3.63) is 65.2 Å². The largest absolute Gasteiger partial charge is 0.349 e. The Morgan fingerprint density at radius 3 is 2.28 bits per heavy atom. The average molecular weight is 358 g/mol. The number of nitrogens with zero attached hydrogens (tertiary/aromatic N) is 1. The normalized spacial score (nSPS) is 14.8. The standard InChI is InChI=1S/C19H20ClN3O2/c20-17-9-5-4-8-16(17)18(24)21-15-10-12-23(13-11-15)19(25)22-14-6-2-1-3-7-14/h1-9,15H,10-13H2,(H,21,24)(H,22,25). The molecule has 1 aliphatic rings. The summed E-state index contributed by atoms with van der Waals surface area (Å²) in [5.74, 6) is -0.169. The van der Waals surface area contributed by atoms with Crippen molar-refractivity contribution >= 4 is 29.2 Å². The first-order valence-corrected chi connectivity index (χ1v) is 8.67. The van der Waals surface area contributed by atoms with Crippen LogP contribution < -0.4 is 10.6 Å². The van der Waals surface area contributed by atoms with Gasteiger partial charge in [0.2, 0.25) is 0 Å². The molecule has 3 amide bonds. The number of nitrogens with one attached hydrogen (secondary N) is 2. The van der Waals surface area contributed by atoms with Gasteiger partial charge in [0.15, 0.2) is 0 Å². The van der Waals surface area contributed by atoms with Crippen molar-refractivity contribution in [3.8, 4) is 0 Å². The number of halogens is 1. The molecule has 0 bridgehead atoms. The lowest BCUT2D eigenvalue weighted by Gasteiger charge is -2.32. The number of para-hydroxylation sites is 1. The monoisotopic (exact) mass is 357 g/mol. The van der Waals surface area contributed by atoms with Gasteiger partial charge in [-0.15, -0.1) is 0 Å². The third kappa shape index (κ3) is 4.51. The van der Waals surface area contributed by atoms with Crippen molar-refractivity contribution < 1.29 is 9.59 Å². The molecule has 0 saturated carbocycles. The number of hydrogen-bond donors (Lipinski definition) is 2. The highest BCUT2D eigenvalue weighted by molar-refractivity contribution is 6.33. The van der Waals surface area contributed by atoms with E-state index in [9.17, 15) is 9.59 Å². The van der Waals surface area contributed by atoms with Crippen molar-refractivity contribution in [1.82, 2.24) is 10.2 Å². The number of hydrogen-bond acceptors (Lipinski definition) is 2. The fourth-order valence-electron chi connectivity index (χ4n) is 2.86. The van der Waals surface area contributed by atoms with Gasteiger partial charge < -0.3 is 15.5 Å². The van der Waals surface area contributed by atoms with Crippen LogP contribution in [0.2, 0.25) is 5.02 Å². The molecule has 2 N–H and O–H groups in total. The molecule has 1 fully saturated rings. The van der Waals surface area contributed by atoms with Crippen molar-refractivity contribution in [2.24, 2.45) is 0 Å². The van der Waals surface area contributed by atoms with Crippen molar-refractivity contribution in [2.45, 2.75) is 18.9 Å². The van der Waals surface area contributed by atoms with E-state index in [0.29, 0.717) is 23.7 Å². The summed E-state index contributed by atoms with van der Waals surface area (Å²) in [6.45, 7) is 1.21. The second-order valence-electron chi connectivity index (χ2n) is 6.01. The van der Waals surface area contributed by atoms with E-state index in [-0.39, 0.29) is 18.0 Å². The van der Waals surface area contributed by atoms with Gasteiger partial charge in [-0.2, -0.15) is 0 Å². The third-order valence-corrected chi connectivity index (χ3v) is 4.59. The quantitative estimate of drug-likeness (QED) is 0.878. The summed E-state index contributed by atoms with van der Waals surface area (Å²) in [6, 6.07) is 16.3. The average Bonchev–Trinajstić information content (AvgIpc) is 2.63. The van der Waals surface area contributed by atoms with Gasteiger partial charge in [0, 0.05) is 24.8 Å². The molecule has 130 valence electrons. The first-order valence-electron chi connectivity index (χ1n) is 8.30. The van der Waals surface area contributed by atoms with Crippen LogP contribution in [0.5, 0.6) is 0 Å². The molecule has 5 nitrogen and oxygen atoms in total. The van der Waals surface area contributed by atoms with Gasteiger partial charge in [0.25, 0.3) is 5.91 Å². The molecular weight excluding hydrogens is 338 g/mol. The van der Waals surface area contributed by atoms with Crippen LogP contribution in [0.3, 0.4) is 0 Å². The minimum Gasteiger partial charge on any atom is -0.349 e. The summed E-state index contributed by atoms with van der Waals surface area (Å²) >= 11 is 6.06. The van der Waals surface area contributed by atoms with E-state index in [0.717, 1.165) is 18.5 Å². The Bertz CT molecular complexity index is 743. The Kier molecular flexibility index (Phi) is 5.56. The zero-order valence-corrected chi connectivity index (χ0v) is 14.5. The maximum Gasteiger partial charge on any atom is 0.321 e. The van der Waals surface area contributed by atoms with Crippen LogP contribution in [0.1, 0.15) is 23.2 Å². The molecule has 0 unspecified atom stereocenters. The van der Waals surface area contributed by atoms with Gasteiger partial charge in [0.1, 0.15) is 0 Å². The summed E-state index contributed by atoms with van der Waals surface area (Å²) in [5.41, 5.74) is 1.26. The zero-order chi connectivity index (χ0) is 17.6. The second kappa shape index (κ2) is 8.03. The summed E-state index contributed by atoms with van der Waals surface area (Å²) in [7, 11) is 0. The molecule has 0 aliphatic carbocycles. The summed E-state index contributed by atoms with van der Waals surface area (Å²) in [4.78, 5) is 26.3. The molecule has 1 aliphatic heterocycles. The predicted octanol–water partition coefficient (Wildman–Crippen LogP) is 3.77. The number of piperidine rings is 1. The number of anilines is 1. The minimum atomic E-state index is -0.169. The highest BCUT2D eigenvalue weighted by Crippen LogP contribution is 2.17. The van der Waals surface area contributed by atoms with E-state index >= 15 is 0 Å². The van der Waals surface area contributed by atoms with Gasteiger partial charge in [-0.05, 0) is 37.1 Å². The van der Waals surface area contributed by atoms with Crippen LogP contribution in [-0.2, 0) is 0 Å². The van der Waals surface area contributed by atoms with Crippen LogP contribution in [0.15, 0.2) is 54.6 Å². The van der Waals surface area contributed by atoms with Crippen molar-refractivity contribution in [3.63, 3.8) is 0 Å². The molecule has 25 heavy (non-hydrogen) atoms. The van der Waals surface area contributed by atoms with E-state index < -0.39 is 0 Å². The predicted molar refractivity (Wildman–Crippen MR) is 99.0 cm³/mol. The number of likely N-dealkylation sites (tertiary alicyclic amines) is 1. The molecule has 1 heterocycles. The Labute approximate surface area is 152 Å². The second-order valence-corrected chi connectivity index (χ2v) is 6.42. The topological polar surface area (TPSA) is 61.4 Å². The van der Waals surface area contributed by atoms with Gasteiger partial charge in [-0.1, -0.05) is 41.9 Å². The van der Waals surface area contributed by atoms with Gasteiger partial charge in [0.05, 0.1) is 10.6 Å². The lowest BCUT2D eigenvalue weighted by atomic mass is 10.0. The number of benzene rings is 2. The van der Waals surface area contributed by atoms with Crippen LogP contribution in [0.25, 0.3) is 0 Å². The lowest BCUT2D eigenvalue weighted by molar-refractivity contribution is 0.0919. The van der Waals surface area contributed by atoms with Crippen LogP contribution in [0.4, 0.5) is 10.5 Å². The first-order chi connectivity index (χ1) is 12.1. The zero-order valence-electron chi connectivity index (χ0n) is 13.7. The maximum absolute atomic E-state index is 12.3. The smallest absolute Gasteiger partial charge is 0.321 e. The third-order valence-electron chi connectivity index (χ3n) is 4.26. The lowest BCUT2D eigenvalue weighted by Crippen LogP contribution is -2.47. The van der Waals surface area contributed by atoms with Crippen LogP contribution in [-0.4, -0.2) is 36.0 Å². The molecule has 2 aromatic carbocycles. The van der Waals surface area contributed by atoms with E-state index in [4.69, 9.17) is 11.6 Å². The molecule has 0 spiro atoms. The Balaban J connectivity index is 1.49. The number of amides is 3. The number of carbonyl (C=O) groups is 2. The van der Waals surface area contributed by atoms with E-state index in [2.05, 4.69) is 10.6 Å². The fraction of sp³-hybridized carbons (Fsp3) is 0.263. The van der Waals surface area contributed by atoms with E-state index in [1.54, 1.807) is 29.2 Å². The summed E-state index contributed by atoms with van der Waals surface area (Å²) in [5, 5.41) is 6.33. The van der Waals surface area contributed by atoms with Gasteiger partial charge >= 0.3 is 6.03 Å². The molecule has 2 aromatic rings. The SMILES string of the molecule is O=C(NC1CCN(C(=O)Nc2ccccc2)CC1)c1ccccc1Cl. The van der Waals surface area contributed by atoms with E-state index in [1.165, 1.54) is 0 Å². The fourth-order valence-corrected chi connectivity index (χ4v) is 3.08. The molecule has 0 aromatic heterocycles. The van der Waals surface area contributed by atoms with Gasteiger partial charge in [-0.3, -0.25) is 4.79 Å². The number of urea groups is 1. The number of carbonyl (C=O) groups excluding carboxylic acids is 2. The highest BCUT2D eigenvalue weighted by Gasteiger charge is 2.24. The Morgan fingerprint density at radius 2 is 1.60 bits per heavy atom. The highest BCUT2D eigenvalue weighted by atomic mass is 35.5. The molecule has 1 saturated heterocycles. The molecular formula is C19H20ClN3O2. The van der Waals surface area contributed by atoms with E-state index in [1.807, 2.05) is 30.3 Å². The maximum atomic E-state index is 12.3. The van der Waals surface area contributed by atoms with Crippen molar-refractivity contribution in [1.29, 1.82) is 0 Å². The number of rotatable bonds is 3. The summed E-state index contributed by atoms with van der Waals surface area (Å²) < 4.78 is 0. The Hall–Kier alpha value is -2.53. The summed E-state index contributed by atoms with van der Waals surface area (Å²) in [6.07, 6.45) is 1.44. The van der Waals surface area contributed by atoms with Crippen molar-refractivity contribution in [2.75, 3.05) is 18.4 Å². The Morgan fingerprint density at radius 1 is 0.960 bits per heavy atom. The first kappa shape index (κ1) is 17.3. The molecule has 3 rings (SSSR count). The van der Waals surface area contributed by atoms with Crippen LogP contribution in [0, 0.1) is 0 Å².